The van der Waals surface area contributed by atoms with Crippen LogP contribution in [0.5, 0.6) is 5.88 Å². The summed E-state index contributed by atoms with van der Waals surface area (Å²) >= 11 is 6.03. The molecule has 0 fully saturated rings. The van der Waals surface area contributed by atoms with Crippen molar-refractivity contribution in [1.82, 2.24) is 19.5 Å². The Morgan fingerprint density at radius 2 is 2.00 bits per heavy atom. The van der Waals surface area contributed by atoms with Crippen molar-refractivity contribution in [3.05, 3.63) is 64.1 Å². The minimum absolute atomic E-state index is 0.0771. The Hall–Kier alpha value is -3.37. The number of aromatic nitrogens is 4. The predicted octanol–water partition coefficient (Wildman–Crippen LogP) is 2.44. The van der Waals surface area contributed by atoms with Gasteiger partial charge in [-0.1, -0.05) is 17.5 Å². The quantitative estimate of drug-likeness (QED) is 0.555. The predicted molar refractivity (Wildman–Crippen MR) is 101 cm³/mol. The Balaban J connectivity index is 2.10. The lowest BCUT2D eigenvalue weighted by Crippen LogP contribution is -2.18. The van der Waals surface area contributed by atoms with Gasteiger partial charge < -0.3 is 10.5 Å². The second-order valence-corrected chi connectivity index (χ2v) is 6.01. The first-order chi connectivity index (χ1) is 12.9. The van der Waals surface area contributed by atoms with Crippen molar-refractivity contribution in [3.8, 4) is 23.4 Å². The third-order valence-electron chi connectivity index (χ3n) is 3.97. The summed E-state index contributed by atoms with van der Waals surface area (Å²) in [4.78, 5) is 24.3. The van der Waals surface area contributed by atoms with E-state index in [2.05, 4.69) is 26.8 Å². The molecule has 0 saturated carbocycles. The summed E-state index contributed by atoms with van der Waals surface area (Å²) < 4.78 is 6.68. The Bertz CT molecular complexity index is 1080. The molecule has 0 aromatic carbocycles. The number of hydrogen-bond donors (Lipinski definition) is 1. The zero-order valence-electron chi connectivity index (χ0n) is 14.9. The summed E-state index contributed by atoms with van der Waals surface area (Å²) in [7, 11) is 1.53. The van der Waals surface area contributed by atoms with Crippen LogP contribution in [0.15, 0.2) is 30.6 Å². The monoisotopic (exact) mass is 381 g/mol. The third-order valence-corrected chi connectivity index (χ3v) is 4.36. The molecule has 136 valence electrons. The highest BCUT2D eigenvalue weighted by molar-refractivity contribution is 6.30. The molecule has 8 heteroatoms. The number of rotatable bonds is 3. The summed E-state index contributed by atoms with van der Waals surface area (Å²) in [6.07, 6.45) is 3.16. The zero-order valence-corrected chi connectivity index (χ0v) is 15.7. The van der Waals surface area contributed by atoms with E-state index in [4.69, 9.17) is 22.1 Å². The van der Waals surface area contributed by atoms with Gasteiger partial charge in [-0.2, -0.15) is 0 Å². The molecule has 3 aromatic rings. The lowest BCUT2D eigenvalue weighted by Gasteiger charge is -2.08. The van der Waals surface area contributed by atoms with E-state index in [-0.39, 0.29) is 5.82 Å². The zero-order chi connectivity index (χ0) is 19.6. The number of carbonyl (C=O) groups excluding carboxylic acids is 1. The van der Waals surface area contributed by atoms with Gasteiger partial charge in [-0.05, 0) is 31.9 Å². The summed E-state index contributed by atoms with van der Waals surface area (Å²) in [5.74, 6) is 5.88. The fourth-order valence-electron chi connectivity index (χ4n) is 2.50. The molecule has 3 heterocycles. The second kappa shape index (κ2) is 7.48. The van der Waals surface area contributed by atoms with Gasteiger partial charge in [-0.3, -0.25) is 9.36 Å². The van der Waals surface area contributed by atoms with Crippen LogP contribution < -0.4 is 10.5 Å². The van der Waals surface area contributed by atoms with Crippen molar-refractivity contribution >= 4 is 17.5 Å². The molecule has 3 aromatic heterocycles. The molecule has 0 atom stereocenters. The lowest BCUT2D eigenvalue weighted by molar-refractivity contribution is 0.0988. The molecular weight excluding hydrogens is 366 g/mol. The fourth-order valence-corrected chi connectivity index (χ4v) is 2.66. The van der Waals surface area contributed by atoms with E-state index < -0.39 is 5.91 Å². The van der Waals surface area contributed by atoms with E-state index in [9.17, 15) is 4.79 Å². The maximum absolute atomic E-state index is 11.9. The highest BCUT2D eigenvalue weighted by atomic mass is 35.5. The molecule has 1 amide bonds. The van der Waals surface area contributed by atoms with Crippen molar-refractivity contribution in [2.45, 2.75) is 13.8 Å². The summed E-state index contributed by atoms with van der Waals surface area (Å²) in [5.41, 5.74) is 8.74. The van der Waals surface area contributed by atoms with Gasteiger partial charge in [0.1, 0.15) is 10.8 Å². The molecule has 3 rings (SSSR count). The van der Waals surface area contributed by atoms with Crippen LogP contribution in [0.2, 0.25) is 5.15 Å². The normalized spacial score (nSPS) is 10.2. The molecule has 7 nitrogen and oxygen atoms in total. The van der Waals surface area contributed by atoms with Crippen LogP contribution in [0.4, 0.5) is 0 Å². The Morgan fingerprint density at radius 3 is 2.63 bits per heavy atom. The van der Waals surface area contributed by atoms with Crippen LogP contribution in [0.1, 0.15) is 33.1 Å². The Kier molecular flexibility index (Phi) is 5.10. The maximum atomic E-state index is 11.9. The molecule has 0 aliphatic rings. The van der Waals surface area contributed by atoms with Gasteiger partial charge in [0, 0.05) is 23.4 Å². The number of nitrogens with two attached hydrogens (primary N) is 1. The van der Waals surface area contributed by atoms with E-state index >= 15 is 0 Å². The molecule has 2 N–H and O–H groups in total. The molecule has 0 aliphatic heterocycles. The number of primary amides is 1. The van der Waals surface area contributed by atoms with Crippen LogP contribution in [0.3, 0.4) is 0 Å². The van der Waals surface area contributed by atoms with Crippen molar-refractivity contribution in [1.29, 1.82) is 0 Å². The summed E-state index contributed by atoms with van der Waals surface area (Å²) in [6.45, 7) is 3.64. The number of amides is 1. The number of imidazole rings is 1. The van der Waals surface area contributed by atoms with Gasteiger partial charge >= 0.3 is 0 Å². The van der Waals surface area contributed by atoms with Gasteiger partial charge in [0.2, 0.25) is 11.7 Å². The van der Waals surface area contributed by atoms with Gasteiger partial charge in [0.05, 0.1) is 24.7 Å². The number of carbonyl (C=O) groups is 1. The van der Waals surface area contributed by atoms with E-state index in [0.29, 0.717) is 28.1 Å². The largest absolute Gasteiger partial charge is 0.481 e. The van der Waals surface area contributed by atoms with E-state index in [1.54, 1.807) is 42.1 Å². The lowest BCUT2D eigenvalue weighted by atomic mass is 10.1. The van der Waals surface area contributed by atoms with E-state index in [1.807, 2.05) is 6.92 Å². The smallest absolute Gasteiger partial charge is 0.285 e. The average Bonchev–Trinajstić information content (AvgIpc) is 3.00. The summed E-state index contributed by atoms with van der Waals surface area (Å²) in [6, 6.07) is 5.22. The van der Waals surface area contributed by atoms with E-state index in [1.165, 1.54) is 7.11 Å². The second-order valence-electron chi connectivity index (χ2n) is 5.65. The average molecular weight is 382 g/mol. The highest BCUT2D eigenvalue weighted by Crippen LogP contribution is 2.19. The minimum Gasteiger partial charge on any atom is -0.481 e. The standard InChI is InChI=1S/C19H16ClN5O2/c1-11-13(8-9-22-17(11)20)4-6-15-12(2)25(19(24-15)18(21)26)14-5-7-16(27-3)23-10-14/h5,7-10H,1-3H3,(H2,21,26). The van der Waals surface area contributed by atoms with Crippen LogP contribution in [0.25, 0.3) is 5.69 Å². The number of pyridine rings is 2. The van der Waals surface area contributed by atoms with Gasteiger partial charge in [-0.25, -0.2) is 15.0 Å². The van der Waals surface area contributed by atoms with Crippen LogP contribution in [0, 0.1) is 25.7 Å². The van der Waals surface area contributed by atoms with Crippen LogP contribution in [-0.2, 0) is 0 Å². The number of methoxy groups -OCH3 is 1. The molecule has 0 radical (unpaired) electrons. The van der Waals surface area contributed by atoms with Gasteiger partial charge in [0.15, 0.2) is 0 Å². The first-order valence-corrected chi connectivity index (χ1v) is 8.33. The maximum Gasteiger partial charge on any atom is 0.285 e. The molecule has 0 saturated heterocycles. The van der Waals surface area contributed by atoms with E-state index in [0.717, 1.165) is 11.1 Å². The number of nitrogens with zero attached hydrogens (tertiary/aromatic N) is 4. The van der Waals surface area contributed by atoms with Crippen LogP contribution >= 0.6 is 11.6 Å². The Morgan fingerprint density at radius 1 is 1.22 bits per heavy atom. The van der Waals surface area contributed by atoms with Crippen molar-refractivity contribution in [2.24, 2.45) is 5.73 Å². The molecule has 27 heavy (non-hydrogen) atoms. The van der Waals surface area contributed by atoms with Gasteiger partial charge in [-0.15, -0.1) is 0 Å². The highest BCUT2D eigenvalue weighted by Gasteiger charge is 2.18. The first-order valence-electron chi connectivity index (χ1n) is 7.95. The SMILES string of the molecule is COc1ccc(-n2c(C(N)=O)nc(C#Cc3ccnc(Cl)c3C)c2C)cn1. The third kappa shape index (κ3) is 3.61. The first kappa shape index (κ1) is 18.4. The molecule has 0 bridgehead atoms. The molecule has 0 spiro atoms. The topological polar surface area (TPSA) is 95.9 Å². The van der Waals surface area contributed by atoms with Crippen molar-refractivity contribution in [2.75, 3.05) is 7.11 Å². The minimum atomic E-state index is -0.662. The molecule has 0 aliphatic carbocycles. The summed E-state index contributed by atoms with van der Waals surface area (Å²) in [5, 5.41) is 0.395. The van der Waals surface area contributed by atoms with Crippen LogP contribution in [-0.4, -0.2) is 32.5 Å². The molecule has 0 unspecified atom stereocenters. The Labute approximate surface area is 161 Å². The number of hydrogen-bond acceptors (Lipinski definition) is 5. The number of ether oxygens (including phenoxy) is 1. The van der Waals surface area contributed by atoms with Crippen molar-refractivity contribution < 1.29 is 9.53 Å². The van der Waals surface area contributed by atoms with Gasteiger partial charge in [0.25, 0.3) is 5.91 Å². The number of halogens is 1. The fraction of sp³-hybridized carbons (Fsp3) is 0.158. The molecular formula is C19H16ClN5O2. The van der Waals surface area contributed by atoms with Crippen molar-refractivity contribution in [3.63, 3.8) is 0 Å².